The highest BCUT2D eigenvalue weighted by Crippen LogP contribution is 2.12. The number of rotatable bonds is 1. The van der Waals surface area contributed by atoms with Gasteiger partial charge in [0.1, 0.15) is 0 Å². The fourth-order valence-electron chi connectivity index (χ4n) is 2.29. The molecule has 0 aromatic heterocycles. The molecule has 1 saturated heterocycles. The van der Waals surface area contributed by atoms with Crippen molar-refractivity contribution in [2.75, 3.05) is 31.9 Å². The maximum Gasteiger partial charge on any atom is 0.253 e. The lowest BCUT2D eigenvalue weighted by Crippen LogP contribution is -2.36. The largest absolute Gasteiger partial charge is 0.399 e. The predicted octanol–water partition coefficient (Wildman–Crippen LogP) is 1.38. The average molecular weight is 298 g/mol. The smallest absolute Gasteiger partial charge is 0.253 e. The molecule has 6 heteroatoms. The van der Waals surface area contributed by atoms with Gasteiger partial charge in [0.15, 0.2) is 0 Å². The number of carbonyl (C=O) groups is 2. The molecular formula is C14H20ClN3O2. The van der Waals surface area contributed by atoms with E-state index in [0.29, 0.717) is 30.9 Å². The molecule has 1 fully saturated rings. The van der Waals surface area contributed by atoms with Crippen molar-refractivity contribution in [2.45, 2.75) is 13.3 Å². The maximum atomic E-state index is 12.3. The number of carbonyl (C=O) groups excluding carboxylic acids is 2. The molecule has 1 aromatic rings. The molecule has 5 nitrogen and oxygen atoms in total. The summed E-state index contributed by atoms with van der Waals surface area (Å²) >= 11 is 0. The lowest BCUT2D eigenvalue weighted by molar-refractivity contribution is -0.128. The predicted molar refractivity (Wildman–Crippen MR) is 80.9 cm³/mol. The second kappa shape index (κ2) is 7.14. The molecule has 2 amide bonds. The van der Waals surface area contributed by atoms with Crippen molar-refractivity contribution in [2.24, 2.45) is 0 Å². The topological polar surface area (TPSA) is 66.6 Å². The summed E-state index contributed by atoms with van der Waals surface area (Å²) in [5, 5.41) is 0. The molecule has 1 aromatic carbocycles. The van der Waals surface area contributed by atoms with Crippen molar-refractivity contribution in [3.8, 4) is 0 Å². The summed E-state index contributed by atoms with van der Waals surface area (Å²) in [4.78, 5) is 27.3. The molecule has 1 heterocycles. The number of amides is 2. The van der Waals surface area contributed by atoms with Gasteiger partial charge in [-0.05, 0) is 24.6 Å². The van der Waals surface area contributed by atoms with Crippen LogP contribution in [0.4, 0.5) is 5.69 Å². The Hall–Kier alpha value is -1.75. The van der Waals surface area contributed by atoms with Gasteiger partial charge in [-0.3, -0.25) is 9.59 Å². The Morgan fingerprint density at radius 3 is 2.40 bits per heavy atom. The van der Waals surface area contributed by atoms with Crippen molar-refractivity contribution >= 4 is 29.9 Å². The van der Waals surface area contributed by atoms with E-state index in [0.717, 1.165) is 13.0 Å². The number of nitrogens with two attached hydrogens (primary N) is 1. The van der Waals surface area contributed by atoms with Gasteiger partial charge >= 0.3 is 0 Å². The van der Waals surface area contributed by atoms with Crippen LogP contribution in [-0.2, 0) is 4.79 Å². The second-order valence-corrected chi connectivity index (χ2v) is 4.78. The summed E-state index contributed by atoms with van der Waals surface area (Å²) < 4.78 is 0. The average Bonchev–Trinajstić information content (AvgIpc) is 2.63. The Bertz CT molecular complexity index is 493. The van der Waals surface area contributed by atoms with Crippen LogP contribution in [-0.4, -0.2) is 47.8 Å². The monoisotopic (exact) mass is 297 g/mol. The van der Waals surface area contributed by atoms with Crippen LogP contribution in [0.25, 0.3) is 0 Å². The van der Waals surface area contributed by atoms with Crippen LogP contribution in [0.5, 0.6) is 0 Å². The van der Waals surface area contributed by atoms with E-state index >= 15 is 0 Å². The first-order chi connectivity index (χ1) is 9.08. The molecule has 0 bridgehead atoms. The molecule has 2 rings (SSSR count). The first-order valence-electron chi connectivity index (χ1n) is 6.48. The van der Waals surface area contributed by atoms with Gasteiger partial charge < -0.3 is 15.5 Å². The highest BCUT2D eigenvalue weighted by Gasteiger charge is 2.21. The van der Waals surface area contributed by atoms with E-state index in [2.05, 4.69) is 0 Å². The van der Waals surface area contributed by atoms with E-state index in [4.69, 9.17) is 5.73 Å². The normalized spacial score (nSPS) is 15.2. The zero-order chi connectivity index (χ0) is 13.8. The molecule has 0 aliphatic carbocycles. The summed E-state index contributed by atoms with van der Waals surface area (Å²) in [6.45, 7) is 4.14. The van der Waals surface area contributed by atoms with Crippen LogP contribution in [0.15, 0.2) is 24.3 Å². The van der Waals surface area contributed by atoms with Crippen molar-refractivity contribution in [3.63, 3.8) is 0 Å². The van der Waals surface area contributed by atoms with Crippen LogP contribution in [0.2, 0.25) is 0 Å². The quantitative estimate of drug-likeness (QED) is 0.797. The third-order valence-electron chi connectivity index (χ3n) is 3.36. The minimum atomic E-state index is -0.0160. The summed E-state index contributed by atoms with van der Waals surface area (Å²) in [6.07, 6.45) is 0.813. The van der Waals surface area contributed by atoms with Gasteiger partial charge in [0.2, 0.25) is 5.91 Å². The number of nitrogens with zero attached hydrogens (tertiary/aromatic N) is 2. The van der Waals surface area contributed by atoms with Crippen LogP contribution in [0, 0.1) is 0 Å². The lowest BCUT2D eigenvalue weighted by Gasteiger charge is -2.21. The van der Waals surface area contributed by atoms with Gasteiger partial charge in [-0.2, -0.15) is 0 Å². The summed E-state index contributed by atoms with van der Waals surface area (Å²) in [6, 6.07) is 7.00. The highest BCUT2D eigenvalue weighted by molar-refractivity contribution is 5.95. The molecule has 0 radical (unpaired) electrons. The third-order valence-corrected chi connectivity index (χ3v) is 3.36. The minimum Gasteiger partial charge on any atom is -0.399 e. The van der Waals surface area contributed by atoms with Gasteiger partial charge in [0, 0.05) is 44.4 Å². The van der Waals surface area contributed by atoms with E-state index in [9.17, 15) is 9.59 Å². The van der Waals surface area contributed by atoms with Gasteiger partial charge in [-0.25, -0.2) is 0 Å². The first kappa shape index (κ1) is 16.3. The third kappa shape index (κ3) is 3.87. The molecule has 0 unspecified atom stereocenters. The maximum absolute atomic E-state index is 12.3. The molecule has 0 atom stereocenters. The number of anilines is 1. The Balaban J connectivity index is 0.00000200. The number of hydrogen-bond acceptors (Lipinski definition) is 3. The van der Waals surface area contributed by atoms with E-state index < -0.39 is 0 Å². The fourth-order valence-corrected chi connectivity index (χ4v) is 2.29. The van der Waals surface area contributed by atoms with E-state index in [1.54, 1.807) is 41.0 Å². The minimum absolute atomic E-state index is 0. The Kier molecular flexibility index (Phi) is 5.82. The van der Waals surface area contributed by atoms with Gasteiger partial charge in [-0.15, -0.1) is 12.4 Å². The number of benzene rings is 1. The van der Waals surface area contributed by atoms with E-state index in [1.807, 2.05) is 0 Å². The Labute approximate surface area is 125 Å². The molecule has 2 N–H and O–H groups in total. The number of hydrogen-bond donors (Lipinski definition) is 1. The zero-order valence-electron chi connectivity index (χ0n) is 11.5. The number of nitrogen functional groups attached to an aromatic ring is 1. The second-order valence-electron chi connectivity index (χ2n) is 4.78. The standard InChI is InChI=1S/C14H19N3O2.ClH/c1-11(18)16-6-3-7-17(9-8-16)14(19)12-4-2-5-13(15)10-12;/h2,4-5,10H,3,6-9,15H2,1H3;1H. The van der Waals surface area contributed by atoms with Crippen LogP contribution in [0.1, 0.15) is 23.7 Å². The summed E-state index contributed by atoms with van der Waals surface area (Å²) in [5.74, 6) is 0.0518. The van der Waals surface area contributed by atoms with Crippen molar-refractivity contribution in [1.29, 1.82) is 0 Å². The zero-order valence-corrected chi connectivity index (χ0v) is 12.4. The SMILES string of the molecule is CC(=O)N1CCCN(C(=O)c2cccc(N)c2)CC1.Cl. The molecule has 110 valence electrons. The van der Waals surface area contributed by atoms with E-state index in [1.165, 1.54) is 0 Å². The Morgan fingerprint density at radius 2 is 1.75 bits per heavy atom. The van der Waals surface area contributed by atoms with Crippen molar-refractivity contribution < 1.29 is 9.59 Å². The molecule has 0 spiro atoms. The molecule has 20 heavy (non-hydrogen) atoms. The highest BCUT2D eigenvalue weighted by atomic mass is 35.5. The number of halogens is 1. The van der Waals surface area contributed by atoms with Gasteiger partial charge in [-0.1, -0.05) is 6.07 Å². The summed E-state index contributed by atoms with van der Waals surface area (Å²) in [7, 11) is 0. The fraction of sp³-hybridized carbons (Fsp3) is 0.429. The molecule has 1 aliphatic heterocycles. The summed E-state index contributed by atoms with van der Waals surface area (Å²) in [5.41, 5.74) is 6.89. The molecule has 1 aliphatic rings. The van der Waals surface area contributed by atoms with Crippen LogP contribution in [0.3, 0.4) is 0 Å². The molecule has 0 saturated carbocycles. The van der Waals surface area contributed by atoms with Crippen molar-refractivity contribution in [3.05, 3.63) is 29.8 Å². The van der Waals surface area contributed by atoms with Gasteiger partial charge in [0.25, 0.3) is 5.91 Å². The van der Waals surface area contributed by atoms with Crippen molar-refractivity contribution in [1.82, 2.24) is 9.80 Å². The van der Waals surface area contributed by atoms with Gasteiger partial charge in [0.05, 0.1) is 0 Å². The van der Waals surface area contributed by atoms with Crippen LogP contribution >= 0.6 is 12.4 Å². The van der Waals surface area contributed by atoms with E-state index in [-0.39, 0.29) is 24.2 Å². The first-order valence-corrected chi connectivity index (χ1v) is 6.48. The lowest BCUT2D eigenvalue weighted by atomic mass is 10.1. The molecular weight excluding hydrogens is 278 g/mol. The Morgan fingerprint density at radius 1 is 1.10 bits per heavy atom. The van der Waals surface area contributed by atoms with Crippen LogP contribution < -0.4 is 5.73 Å².